The second-order valence-electron chi connectivity index (χ2n) is 8.48. The summed E-state index contributed by atoms with van der Waals surface area (Å²) in [5, 5.41) is 2.33. The highest BCUT2D eigenvalue weighted by atomic mass is 16.3. The Morgan fingerprint density at radius 3 is 2.24 bits per heavy atom. The van der Waals surface area contributed by atoms with Crippen LogP contribution in [0.1, 0.15) is 16.7 Å². The molecule has 0 aliphatic rings. The molecule has 0 N–H and O–H groups in total. The normalized spacial score (nSPS) is 11.3. The Labute approximate surface area is 193 Å². The Hall–Kier alpha value is -4.17. The Kier molecular flexibility index (Phi) is 4.77. The first kappa shape index (κ1) is 19.5. The zero-order valence-electron chi connectivity index (χ0n) is 18.5. The lowest BCUT2D eigenvalue weighted by Crippen LogP contribution is -1.96. The third-order valence-corrected chi connectivity index (χ3v) is 6.34. The SMILES string of the molecule is Cc1cnc(-c2ccc3oc4ccccc4c3c2Cc2ccccc2)cc1-c1ccccc1. The first-order valence-electron chi connectivity index (χ1n) is 11.3. The highest BCUT2D eigenvalue weighted by Gasteiger charge is 2.18. The van der Waals surface area contributed by atoms with Crippen molar-refractivity contribution in [3.05, 3.63) is 126 Å². The number of pyridine rings is 1. The molecule has 0 spiro atoms. The van der Waals surface area contributed by atoms with Gasteiger partial charge in [-0.1, -0.05) is 78.9 Å². The van der Waals surface area contributed by atoms with Gasteiger partial charge < -0.3 is 4.42 Å². The van der Waals surface area contributed by atoms with E-state index in [9.17, 15) is 0 Å². The fourth-order valence-corrected chi connectivity index (χ4v) is 4.71. The molecular formula is C31H23NO. The molecule has 2 heteroatoms. The molecule has 0 saturated heterocycles. The first-order valence-corrected chi connectivity index (χ1v) is 11.3. The van der Waals surface area contributed by atoms with Crippen LogP contribution >= 0.6 is 0 Å². The third-order valence-electron chi connectivity index (χ3n) is 6.34. The van der Waals surface area contributed by atoms with Crippen LogP contribution in [-0.2, 0) is 6.42 Å². The number of fused-ring (bicyclic) bond motifs is 3. The second-order valence-corrected chi connectivity index (χ2v) is 8.48. The number of benzene rings is 4. The molecule has 0 amide bonds. The molecule has 2 heterocycles. The Morgan fingerprint density at radius 2 is 1.42 bits per heavy atom. The molecule has 2 nitrogen and oxygen atoms in total. The topological polar surface area (TPSA) is 26.0 Å². The van der Waals surface area contributed by atoms with Crippen LogP contribution in [0, 0.1) is 6.92 Å². The Morgan fingerprint density at radius 1 is 0.697 bits per heavy atom. The second kappa shape index (κ2) is 8.07. The third kappa shape index (κ3) is 3.50. The fourth-order valence-electron chi connectivity index (χ4n) is 4.71. The van der Waals surface area contributed by atoms with Crippen molar-refractivity contribution in [3.63, 3.8) is 0 Å². The minimum absolute atomic E-state index is 0.813. The van der Waals surface area contributed by atoms with Gasteiger partial charge in [0.05, 0.1) is 5.69 Å². The van der Waals surface area contributed by atoms with Gasteiger partial charge in [0.1, 0.15) is 11.2 Å². The van der Waals surface area contributed by atoms with Gasteiger partial charge >= 0.3 is 0 Å². The van der Waals surface area contributed by atoms with Crippen LogP contribution in [0.4, 0.5) is 0 Å². The molecule has 0 saturated carbocycles. The predicted molar refractivity (Wildman–Crippen MR) is 136 cm³/mol. The fraction of sp³-hybridized carbons (Fsp3) is 0.0645. The first-order chi connectivity index (χ1) is 16.3. The molecule has 0 radical (unpaired) electrons. The highest BCUT2D eigenvalue weighted by molar-refractivity contribution is 6.08. The van der Waals surface area contributed by atoms with E-state index in [1.54, 1.807) is 0 Å². The van der Waals surface area contributed by atoms with E-state index in [-0.39, 0.29) is 0 Å². The molecule has 0 atom stereocenters. The zero-order valence-corrected chi connectivity index (χ0v) is 18.5. The van der Waals surface area contributed by atoms with Gasteiger partial charge in [0, 0.05) is 22.5 Å². The molecule has 158 valence electrons. The summed E-state index contributed by atoms with van der Waals surface area (Å²) in [4.78, 5) is 4.88. The average molecular weight is 426 g/mol. The standard InChI is InChI=1S/C31H23NO/c1-21-20-32-28(19-26(21)23-12-6-3-7-13-23)24-16-17-30-31(25-14-8-9-15-29(25)33-30)27(24)18-22-10-4-2-5-11-22/h2-17,19-20H,18H2,1H3. The van der Waals surface area contributed by atoms with Gasteiger partial charge in [0.25, 0.3) is 0 Å². The lowest BCUT2D eigenvalue weighted by atomic mass is 9.91. The molecule has 4 aromatic carbocycles. The van der Waals surface area contributed by atoms with Gasteiger partial charge in [-0.25, -0.2) is 0 Å². The molecular weight excluding hydrogens is 402 g/mol. The average Bonchev–Trinajstić information content (AvgIpc) is 3.25. The van der Waals surface area contributed by atoms with Crippen molar-refractivity contribution in [1.29, 1.82) is 0 Å². The van der Waals surface area contributed by atoms with Crippen LogP contribution in [0.3, 0.4) is 0 Å². The quantitative estimate of drug-likeness (QED) is 0.284. The van der Waals surface area contributed by atoms with Crippen molar-refractivity contribution in [2.75, 3.05) is 0 Å². The molecule has 0 unspecified atom stereocenters. The summed E-state index contributed by atoms with van der Waals surface area (Å²) in [5.74, 6) is 0. The predicted octanol–water partition coefficient (Wildman–Crippen LogP) is 8.21. The molecule has 2 aromatic heterocycles. The van der Waals surface area contributed by atoms with Gasteiger partial charge in [-0.15, -0.1) is 0 Å². The van der Waals surface area contributed by atoms with Crippen molar-refractivity contribution < 1.29 is 4.42 Å². The molecule has 0 fully saturated rings. The Bertz CT molecular complexity index is 1580. The maximum absolute atomic E-state index is 6.21. The number of hydrogen-bond acceptors (Lipinski definition) is 2. The van der Waals surface area contributed by atoms with Crippen LogP contribution in [0.2, 0.25) is 0 Å². The summed E-state index contributed by atoms with van der Waals surface area (Å²) in [5.41, 5.74) is 10.1. The van der Waals surface area contributed by atoms with E-state index < -0.39 is 0 Å². The van der Waals surface area contributed by atoms with E-state index in [0.29, 0.717) is 0 Å². The van der Waals surface area contributed by atoms with Gasteiger partial charge in [0.2, 0.25) is 0 Å². The molecule has 0 aliphatic carbocycles. The highest BCUT2D eigenvalue weighted by Crippen LogP contribution is 2.38. The number of nitrogens with zero attached hydrogens (tertiary/aromatic N) is 1. The number of para-hydroxylation sites is 1. The van der Waals surface area contributed by atoms with Gasteiger partial charge in [-0.05, 0) is 65.4 Å². The number of aromatic nitrogens is 1. The van der Waals surface area contributed by atoms with Crippen LogP contribution in [0.5, 0.6) is 0 Å². The maximum atomic E-state index is 6.21. The maximum Gasteiger partial charge on any atom is 0.135 e. The van der Waals surface area contributed by atoms with Crippen LogP contribution in [-0.4, -0.2) is 4.98 Å². The van der Waals surface area contributed by atoms with E-state index >= 15 is 0 Å². The number of aryl methyl sites for hydroxylation is 1. The van der Waals surface area contributed by atoms with Crippen molar-refractivity contribution in [1.82, 2.24) is 4.98 Å². The van der Waals surface area contributed by atoms with Gasteiger partial charge in [-0.3, -0.25) is 4.98 Å². The molecule has 0 aliphatic heterocycles. The van der Waals surface area contributed by atoms with E-state index in [1.807, 2.05) is 18.3 Å². The monoisotopic (exact) mass is 425 g/mol. The lowest BCUT2D eigenvalue weighted by molar-refractivity contribution is 0.669. The van der Waals surface area contributed by atoms with Crippen molar-refractivity contribution in [2.24, 2.45) is 0 Å². The number of rotatable bonds is 4. The van der Waals surface area contributed by atoms with Crippen LogP contribution in [0.25, 0.3) is 44.3 Å². The van der Waals surface area contributed by atoms with Crippen molar-refractivity contribution in [3.8, 4) is 22.4 Å². The summed E-state index contributed by atoms with van der Waals surface area (Å²) in [6, 6.07) is 35.9. The molecule has 33 heavy (non-hydrogen) atoms. The van der Waals surface area contributed by atoms with E-state index in [0.717, 1.165) is 34.2 Å². The summed E-state index contributed by atoms with van der Waals surface area (Å²) in [6.45, 7) is 2.12. The summed E-state index contributed by atoms with van der Waals surface area (Å²) in [6.07, 6.45) is 2.80. The minimum Gasteiger partial charge on any atom is -0.456 e. The minimum atomic E-state index is 0.813. The smallest absolute Gasteiger partial charge is 0.135 e. The molecule has 6 aromatic rings. The summed E-state index contributed by atoms with van der Waals surface area (Å²) < 4.78 is 6.21. The molecule has 0 bridgehead atoms. The van der Waals surface area contributed by atoms with E-state index in [2.05, 4.69) is 97.9 Å². The van der Waals surface area contributed by atoms with Crippen molar-refractivity contribution in [2.45, 2.75) is 13.3 Å². The van der Waals surface area contributed by atoms with Gasteiger partial charge in [-0.2, -0.15) is 0 Å². The lowest BCUT2D eigenvalue weighted by Gasteiger charge is -2.14. The summed E-state index contributed by atoms with van der Waals surface area (Å²) >= 11 is 0. The van der Waals surface area contributed by atoms with E-state index in [4.69, 9.17) is 9.40 Å². The van der Waals surface area contributed by atoms with E-state index in [1.165, 1.54) is 33.2 Å². The number of furan rings is 1. The van der Waals surface area contributed by atoms with Crippen LogP contribution < -0.4 is 0 Å². The largest absolute Gasteiger partial charge is 0.456 e. The van der Waals surface area contributed by atoms with Crippen molar-refractivity contribution >= 4 is 21.9 Å². The zero-order chi connectivity index (χ0) is 22.2. The van der Waals surface area contributed by atoms with Gasteiger partial charge in [0.15, 0.2) is 0 Å². The van der Waals surface area contributed by atoms with Crippen LogP contribution in [0.15, 0.2) is 114 Å². The molecule has 6 rings (SSSR count). The Balaban J connectivity index is 1.62. The summed E-state index contributed by atoms with van der Waals surface area (Å²) in [7, 11) is 0. The number of hydrogen-bond donors (Lipinski definition) is 0.